The lowest BCUT2D eigenvalue weighted by atomic mass is 10.1. The third-order valence-corrected chi connectivity index (χ3v) is 3.08. The maximum Gasteiger partial charge on any atom is 0.232 e. The number of carbonyl (C=O) groups is 1. The monoisotopic (exact) mass is 296 g/mol. The summed E-state index contributed by atoms with van der Waals surface area (Å²) in [5.74, 6) is -0.137. The zero-order valence-electron chi connectivity index (χ0n) is 9.17. The highest BCUT2D eigenvalue weighted by Crippen LogP contribution is 2.23. The molecule has 2 rings (SSSR count). The summed E-state index contributed by atoms with van der Waals surface area (Å²) in [5.41, 5.74) is 0.00417. The third kappa shape index (κ3) is 2.31. The Balaban J connectivity index is 2.43. The van der Waals surface area contributed by atoms with Crippen LogP contribution in [0.4, 0.5) is 4.39 Å². The molecule has 1 heterocycles. The fourth-order valence-electron chi connectivity index (χ4n) is 1.53. The van der Waals surface area contributed by atoms with Crippen molar-refractivity contribution in [3.05, 3.63) is 57.7 Å². The second-order valence-electron chi connectivity index (χ2n) is 3.55. The Morgan fingerprint density at radius 1 is 1.35 bits per heavy atom. The molecule has 88 valence electrons. The van der Waals surface area contributed by atoms with Crippen LogP contribution in [0.25, 0.3) is 0 Å². The van der Waals surface area contributed by atoms with E-state index in [4.69, 9.17) is 4.42 Å². The molecule has 0 radical (unpaired) electrons. The first-order chi connectivity index (χ1) is 8.13. The molecule has 1 aromatic heterocycles. The van der Waals surface area contributed by atoms with E-state index in [-0.39, 0.29) is 11.3 Å². The van der Waals surface area contributed by atoms with E-state index < -0.39 is 11.6 Å². The van der Waals surface area contributed by atoms with Gasteiger partial charge in [0.15, 0.2) is 5.76 Å². The van der Waals surface area contributed by atoms with Gasteiger partial charge in [0.2, 0.25) is 5.78 Å². The van der Waals surface area contributed by atoms with Crippen molar-refractivity contribution >= 4 is 21.7 Å². The van der Waals surface area contributed by atoms with Crippen molar-refractivity contribution in [3.63, 3.8) is 0 Å². The van der Waals surface area contributed by atoms with Gasteiger partial charge in [0.25, 0.3) is 0 Å². The SMILES string of the molecule is CCc1ccc(C(=O)c2c(F)cccc2Br)o1. The molecule has 0 saturated heterocycles. The minimum atomic E-state index is -0.557. The van der Waals surface area contributed by atoms with Crippen LogP contribution >= 0.6 is 15.9 Å². The summed E-state index contributed by atoms with van der Waals surface area (Å²) in [6.07, 6.45) is 0.700. The summed E-state index contributed by atoms with van der Waals surface area (Å²) in [4.78, 5) is 12.1. The number of furan rings is 1. The number of halogens is 2. The molecule has 0 bridgehead atoms. The molecule has 0 saturated carbocycles. The number of benzene rings is 1. The minimum absolute atomic E-state index is 0.00417. The molecule has 0 N–H and O–H groups in total. The van der Waals surface area contributed by atoms with Gasteiger partial charge in [-0.15, -0.1) is 0 Å². The number of aryl methyl sites for hydroxylation is 1. The van der Waals surface area contributed by atoms with E-state index in [1.165, 1.54) is 12.1 Å². The lowest BCUT2D eigenvalue weighted by Gasteiger charge is -2.02. The van der Waals surface area contributed by atoms with E-state index in [1.807, 2.05) is 6.92 Å². The summed E-state index contributed by atoms with van der Waals surface area (Å²) in [7, 11) is 0. The Kier molecular flexibility index (Phi) is 3.43. The summed E-state index contributed by atoms with van der Waals surface area (Å²) in [5, 5.41) is 0. The molecular weight excluding hydrogens is 287 g/mol. The number of rotatable bonds is 3. The second-order valence-corrected chi connectivity index (χ2v) is 4.40. The van der Waals surface area contributed by atoms with Gasteiger partial charge in [-0.05, 0) is 40.2 Å². The van der Waals surface area contributed by atoms with Crippen LogP contribution < -0.4 is 0 Å². The van der Waals surface area contributed by atoms with Crippen molar-refractivity contribution in [1.82, 2.24) is 0 Å². The van der Waals surface area contributed by atoms with Crippen LogP contribution in [-0.4, -0.2) is 5.78 Å². The first kappa shape index (κ1) is 12.0. The van der Waals surface area contributed by atoms with E-state index in [0.717, 1.165) is 0 Å². The lowest BCUT2D eigenvalue weighted by Crippen LogP contribution is -2.04. The van der Waals surface area contributed by atoms with Gasteiger partial charge in [0, 0.05) is 10.9 Å². The lowest BCUT2D eigenvalue weighted by molar-refractivity contribution is 0.100. The van der Waals surface area contributed by atoms with Crippen molar-refractivity contribution in [3.8, 4) is 0 Å². The molecule has 17 heavy (non-hydrogen) atoms. The molecule has 1 aromatic carbocycles. The van der Waals surface area contributed by atoms with Gasteiger partial charge >= 0.3 is 0 Å². The molecule has 2 nitrogen and oxygen atoms in total. The highest BCUT2D eigenvalue weighted by atomic mass is 79.9. The fourth-order valence-corrected chi connectivity index (χ4v) is 2.05. The average Bonchev–Trinajstić information content (AvgIpc) is 2.77. The van der Waals surface area contributed by atoms with E-state index in [1.54, 1.807) is 18.2 Å². The van der Waals surface area contributed by atoms with Gasteiger partial charge in [0.1, 0.15) is 11.6 Å². The Morgan fingerprint density at radius 3 is 2.71 bits per heavy atom. The van der Waals surface area contributed by atoms with Crippen LogP contribution in [-0.2, 0) is 6.42 Å². The quantitative estimate of drug-likeness (QED) is 0.802. The molecular formula is C13H10BrFO2. The largest absolute Gasteiger partial charge is 0.458 e. The summed E-state index contributed by atoms with van der Waals surface area (Å²) < 4.78 is 19.3. The van der Waals surface area contributed by atoms with E-state index in [9.17, 15) is 9.18 Å². The van der Waals surface area contributed by atoms with Crippen molar-refractivity contribution in [1.29, 1.82) is 0 Å². The predicted octanol–water partition coefficient (Wildman–Crippen LogP) is 3.97. The molecule has 2 aromatic rings. The van der Waals surface area contributed by atoms with Crippen molar-refractivity contribution in [2.24, 2.45) is 0 Å². The van der Waals surface area contributed by atoms with Crippen molar-refractivity contribution in [2.75, 3.05) is 0 Å². The maximum atomic E-state index is 13.6. The fraction of sp³-hybridized carbons (Fsp3) is 0.154. The molecule has 4 heteroatoms. The summed E-state index contributed by atoms with van der Waals surface area (Å²) in [6, 6.07) is 7.71. The van der Waals surface area contributed by atoms with Crippen LogP contribution in [0.5, 0.6) is 0 Å². The standard InChI is InChI=1S/C13H10BrFO2/c1-2-8-6-7-11(17-8)13(16)12-9(14)4-3-5-10(12)15/h3-7H,2H2,1H3. The van der Waals surface area contributed by atoms with Gasteiger partial charge in [-0.3, -0.25) is 4.79 Å². The molecule has 0 aliphatic heterocycles. The summed E-state index contributed by atoms with van der Waals surface area (Å²) >= 11 is 3.17. The molecule has 0 aliphatic rings. The van der Waals surface area contributed by atoms with Gasteiger partial charge in [-0.1, -0.05) is 13.0 Å². The molecule has 0 spiro atoms. The first-order valence-corrected chi connectivity index (χ1v) is 6.00. The number of ketones is 1. The number of carbonyl (C=O) groups excluding carboxylic acids is 1. The third-order valence-electron chi connectivity index (χ3n) is 2.42. The maximum absolute atomic E-state index is 13.6. The van der Waals surface area contributed by atoms with Crippen molar-refractivity contribution < 1.29 is 13.6 Å². The van der Waals surface area contributed by atoms with Crippen LogP contribution in [0.15, 0.2) is 39.2 Å². The molecule has 0 aliphatic carbocycles. The van der Waals surface area contributed by atoms with Crippen LogP contribution in [0.1, 0.15) is 28.8 Å². The molecule has 0 unspecified atom stereocenters. The molecule has 0 atom stereocenters. The first-order valence-electron chi connectivity index (χ1n) is 5.21. The molecule has 0 fully saturated rings. The number of hydrogen-bond acceptors (Lipinski definition) is 2. The topological polar surface area (TPSA) is 30.2 Å². The van der Waals surface area contributed by atoms with Gasteiger partial charge in [-0.25, -0.2) is 4.39 Å². The average molecular weight is 297 g/mol. The van der Waals surface area contributed by atoms with Gasteiger partial charge < -0.3 is 4.42 Å². The van der Waals surface area contributed by atoms with Gasteiger partial charge in [-0.2, -0.15) is 0 Å². The summed E-state index contributed by atoms with van der Waals surface area (Å²) in [6.45, 7) is 1.92. The van der Waals surface area contributed by atoms with E-state index in [0.29, 0.717) is 16.7 Å². The Morgan fingerprint density at radius 2 is 2.12 bits per heavy atom. The smallest absolute Gasteiger partial charge is 0.232 e. The second kappa shape index (κ2) is 4.84. The normalized spacial score (nSPS) is 10.5. The van der Waals surface area contributed by atoms with E-state index >= 15 is 0 Å². The van der Waals surface area contributed by atoms with Crippen LogP contribution in [0, 0.1) is 5.82 Å². The van der Waals surface area contributed by atoms with Crippen LogP contribution in [0.2, 0.25) is 0 Å². The highest BCUT2D eigenvalue weighted by Gasteiger charge is 2.20. The highest BCUT2D eigenvalue weighted by molar-refractivity contribution is 9.10. The zero-order chi connectivity index (χ0) is 12.4. The van der Waals surface area contributed by atoms with E-state index in [2.05, 4.69) is 15.9 Å². The Hall–Kier alpha value is -1.42. The number of hydrogen-bond donors (Lipinski definition) is 0. The molecule has 0 amide bonds. The zero-order valence-corrected chi connectivity index (χ0v) is 10.8. The van der Waals surface area contributed by atoms with Crippen molar-refractivity contribution in [2.45, 2.75) is 13.3 Å². The van der Waals surface area contributed by atoms with Gasteiger partial charge in [0.05, 0.1) is 5.56 Å². The Bertz CT molecular complexity index is 540. The predicted molar refractivity (Wildman–Crippen MR) is 65.6 cm³/mol. The van der Waals surface area contributed by atoms with Crippen LogP contribution in [0.3, 0.4) is 0 Å². The minimum Gasteiger partial charge on any atom is -0.458 e. The Labute approximate surface area is 107 Å².